The summed E-state index contributed by atoms with van der Waals surface area (Å²) in [4.78, 5) is 3.98. The van der Waals surface area contributed by atoms with Crippen LogP contribution in [0.3, 0.4) is 0 Å². The summed E-state index contributed by atoms with van der Waals surface area (Å²) in [5.74, 6) is 0.251. The van der Waals surface area contributed by atoms with Gasteiger partial charge < -0.3 is 4.74 Å². The Balaban J connectivity index is 2.36. The van der Waals surface area contributed by atoms with Crippen molar-refractivity contribution in [2.45, 2.75) is 18.4 Å². The number of halogens is 2. The number of benzene rings is 1. The third kappa shape index (κ3) is 4.26. The van der Waals surface area contributed by atoms with E-state index in [9.17, 15) is 8.42 Å². The Morgan fingerprint density at radius 2 is 1.90 bits per heavy atom. The van der Waals surface area contributed by atoms with Gasteiger partial charge in [0, 0.05) is 26.9 Å². The van der Waals surface area contributed by atoms with Crippen LogP contribution in [0.4, 0.5) is 0 Å². The van der Waals surface area contributed by atoms with Crippen molar-refractivity contribution in [2.24, 2.45) is 5.14 Å². The van der Waals surface area contributed by atoms with E-state index < -0.39 is 10.0 Å². The zero-order valence-electron chi connectivity index (χ0n) is 11.0. The Hall–Kier alpha value is -0.960. The SMILES string of the molecule is Cc1cc(Br)cc(S(N)(=O)=O)c1OCc1cncc(Br)c1. The van der Waals surface area contributed by atoms with Gasteiger partial charge in [-0.1, -0.05) is 15.9 Å². The van der Waals surface area contributed by atoms with Crippen molar-refractivity contribution in [3.05, 3.63) is 50.7 Å². The number of hydrogen-bond donors (Lipinski definition) is 1. The number of aromatic nitrogens is 1. The highest BCUT2D eigenvalue weighted by molar-refractivity contribution is 9.10. The molecule has 0 atom stereocenters. The molecule has 2 aromatic rings. The fourth-order valence-corrected chi connectivity index (χ4v) is 3.69. The standard InChI is InChI=1S/C13H12Br2N2O3S/c1-8-2-10(14)4-12(21(16,18)19)13(8)20-7-9-3-11(15)6-17-5-9/h2-6H,7H2,1H3,(H2,16,18,19). The summed E-state index contributed by atoms with van der Waals surface area (Å²) < 4.78 is 30.5. The molecule has 0 fully saturated rings. The Morgan fingerprint density at radius 3 is 2.52 bits per heavy atom. The molecule has 1 aromatic heterocycles. The van der Waals surface area contributed by atoms with Crippen LogP contribution >= 0.6 is 31.9 Å². The van der Waals surface area contributed by atoms with E-state index in [0.29, 0.717) is 10.0 Å². The molecule has 2 N–H and O–H groups in total. The van der Waals surface area contributed by atoms with E-state index in [1.165, 1.54) is 6.07 Å². The van der Waals surface area contributed by atoms with Gasteiger partial charge in [0.05, 0.1) is 0 Å². The topological polar surface area (TPSA) is 82.3 Å². The lowest BCUT2D eigenvalue weighted by molar-refractivity contribution is 0.295. The Bertz CT molecular complexity index is 779. The molecule has 1 heterocycles. The van der Waals surface area contributed by atoms with Gasteiger partial charge in [-0.05, 0) is 46.6 Å². The number of sulfonamides is 1. The van der Waals surface area contributed by atoms with Crippen molar-refractivity contribution >= 4 is 41.9 Å². The molecule has 0 spiro atoms. The summed E-state index contributed by atoms with van der Waals surface area (Å²) >= 11 is 6.57. The smallest absolute Gasteiger partial charge is 0.241 e. The average Bonchev–Trinajstić information content (AvgIpc) is 2.36. The first-order chi connectivity index (χ1) is 9.77. The van der Waals surface area contributed by atoms with Crippen LogP contribution in [0.15, 0.2) is 44.4 Å². The maximum absolute atomic E-state index is 11.7. The van der Waals surface area contributed by atoms with Crippen LogP contribution in [-0.4, -0.2) is 13.4 Å². The van der Waals surface area contributed by atoms with Gasteiger partial charge in [-0.25, -0.2) is 13.6 Å². The molecule has 0 saturated heterocycles. The number of rotatable bonds is 4. The molecule has 0 saturated carbocycles. The van der Waals surface area contributed by atoms with Crippen molar-refractivity contribution in [2.75, 3.05) is 0 Å². The summed E-state index contributed by atoms with van der Waals surface area (Å²) in [7, 11) is -3.87. The van der Waals surface area contributed by atoms with Crippen molar-refractivity contribution in [3.63, 3.8) is 0 Å². The number of hydrogen-bond acceptors (Lipinski definition) is 4. The highest BCUT2D eigenvalue weighted by Gasteiger charge is 2.18. The summed E-state index contributed by atoms with van der Waals surface area (Å²) in [6.45, 7) is 1.95. The summed E-state index contributed by atoms with van der Waals surface area (Å²) in [5, 5.41) is 5.24. The van der Waals surface area contributed by atoms with E-state index in [1.807, 2.05) is 6.07 Å². The third-order valence-electron chi connectivity index (χ3n) is 2.66. The number of nitrogens with two attached hydrogens (primary N) is 1. The summed E-state index contributed by atoms with van der Waals surface area (Å²) in [6.07, 6.45) is 3.31. The largest absolute Gasteiger partial charge is 0.487 e. The van der Waals surface area contributed by atoms with E-state index in [4.69, 9.17) is 9.88 Å². The molecule has 2 rings (SSSR count). The predicted octanol–water partition coefficient (Wildman–Crippen LogP) is 3.14. The van der Waals surface area contributed by atoms with E-state index in [1.54, 1.807) is 25.4 Å². The van der Waals surface area contributed by atoms with Gasteiger partial charge >= 0.3 is 0 Å². The minimum atomic E-state index is -3.87. The van der Waals surface area contributed by atoms with Crippen molar-refractivity contribution < 1.29 is 13.2 Å². The minimum absolute atomic E-state index is 0.0441. The molecular weight excluding hydrogens is 424 g/mol. The zero-order valence-corrected chi connectivity index (χ0v) is 15.0. The van der Waals surface area contributed by atoms with E-state index in [2.05, 4.69) is 36.8 Å². The molecule has 0 aliphatic heterocycles. The second-order valence-corrected chi connectivity index (χ2v) is 7.76. The molecule has 5 nitrogen and oxygen atoms in total. The van der Waals surface area contributed by atoms with Crippen LogP contribution in [-0.2, 0) is 16.6 Å². The Labute approximate surface area is 139 Å². The maximum atomic E-state index is 11.7. The molecule has 0 bridgehead atoms. The molecular formula is C13H12Br2N2O3S. The fraction of sp³-hybridized carbons (Fsp3) is 0.154. The molecule has 0 aliphatic carbocycles. The second kappa shape index (κ2) is 6.43. The average molecular weight is 436 g/mol. The van der Waals surface area contributed by atoms with Crippen LogP contribution < -0.4 is 9.88 Å². The van der Waals surface area contributed by atoms with Gasteiger partial charge in [-0.15, -0.1) is 0 Å². The van der Waals surface area contributed by atoms with E-state index in [0.717, 1.165) is 10.0 Å². The summed E-state index contributed by atoms with van der Waals surface area (Å²) in [6, 6.07) is 5.04. The first kappa shape index (κ1) is 16.4. The first-order valence-electron chi connectivity index (χ1n) is 5.82. The number of nitrogens with zero attached hydrogens (tertiary/aromatic N) is 1. The van der Waals surface area contributed by atoms with Gasteiger partial charge in [0.25, 0.3) is 0 Å². The highest BCUT2D eigenvalue weighted by atomic mass is 79.9. The van der Waals surface area contributed by atoms with Gasteiger partial charge in [0.1, 0.15) is 17.3 Å². The molecule has 21 heavy (non-hydrogen) atoms. The second-order valence-electron chi connectivity index (χ2n) is 4.40. The van der Waals surface area contributed by atoms with Crippen molar-refractivity contribution in [1.82, 2.24) is 4.98 Å². The number of ether oxygens (including phenoxy) is 1. The lowest BCUT2D eigenvalue weighted by atomic mass is 10.2. The molecule has 112 valence electrons. The van der Waals surface area contributed by atoms with Gasteiger partial charge in [-0.3, -0.25) is 4.98 Å². The van der Waals surface area contributed by atoms with Crippen LogP contribution in [0.25, 0.3) is 0 Å². The van der Waals surface area contributed by atoms with Crippen LogP contribution in [0, 0.1) is 6.92 Å². The predicted molar refractivity (Wildman–Crippen MR) is 86.5 cm³/mol. The van der Waals surface area contributed by atoms with Gasteiger partial charge in [-0.2, -0.15) is 0 Å². The Kier molecular flexibility index (Phi) is 5.03. The zero-order chi connectivity index (χ0) is 15.6. The van der Waals surface area contributed by atoms with Crippen LogP contribution in [0.5, 0.6) is 5.75 Å². The van der Waals surface area contributed by atoms with Crippen molar-refractivity contribution in [3.8, 4) is 5.75 Å². The molecule has 1 aromatic carbocycles. The first-order valence-corrected chi connectivity index (χ1v) is 8.96. The normalized spacial score (nSPS) is 11.4. The monoisotopic (exact) mass is 434 g/mol. The van der Waals surface area contributed by atoms with Crippen LogP contribution in [0.2, 0.25) is 0 Å². The minimum Gasteiger partial charge on any atom is -0.487 e. The Morgan fingerprint density at radius 1 is 1.19 bits per heavy atom. The van der Waals surface area contributed by atoms with Crippen molar-refractivity contribution in [1.29, 1.82) is 0 Å². The lowest BCUT2D eigenvalue weighted by Crippen LogP contribution is -2.14. The highest BCUT2D eigenvalue weighted by Crippen LogP contribution is 2.31. The number of primary sulfonamides is 1. The quantitative estimate of drug-likeness (QED) is 0.799. The van der Waals surface area contributed by atoms with Gasteiger partial charge in [0.15, 0.2) is 0 Å². The third-order valence-corrected chi connectivity index (χ3v) is 4.46. The van der Waals surface area contributed by atoms with E-state index in [-0.39, 0.29) is 17.3 Å². The number of aryl methyl sites for hydroxylation is 1. The molecule has 0 amide bonds. The molecule has 0 radical (unpaired) electrons. The lowest BCUT2D eigenvalue weighted by Gasteiger charge is -2.13. The number of pyridine rings is 1. The molecule has 0 aliphatic rings. The summed E-state index contributed by atoms with van der Waals surface area (Å²) in [5.41, 5.74) is 1.49. The molecule has 8 heteroatoms. The van der Waals surface area contributed by atoms with Gasteiger partial charge in [0.2, 0.25) is 10.0 Å². The maximum Gasteiger partial charge on any atom is 0.241 e. The van der Waals surface area contributed by atoms with Crippen LogP contribution in [0.1, 0.15) is 11.1 Å². The fourth-order valence-electron chi connectivity index (χ4n) is 1.79. The molecule has 0 unspecified atom stereocenters. The van der Waals surface area contributed by atoms with E-state index >= 15 is 0 Å².